The minimum Gasteiger partial charge on any atom is -0.142 e. The van der Waals surface area contributed by atoms with Gasteiger partial charge in [-0.3, -0.25) is 0 Å². The van der Waals surface area contributed by atoms with Crippen molar-refractivity contribution in [1.82, 2.24) is 0 Å². The van der Waals surface area contributed by atoms with E-state index in [0.717, 1.165) is 6.16 Å². The minimum absolute atomic E-state index is 0.999. The van der Waals surface area contributed by atoms with Crippen LogP contribution in [0.4, 0.5) is 0 Å². The molecule has 0 spiro atoms. The van der Waals surface area contributed by atoms with E-state index in [1.54, 1.807) is 0 Å². The smallest absolute Gasteiger partial charge is 0.0164 e. The topological polar surface area (TPSA) is 0 Å². The normalized spacial score (nSPS) is 11.8. The second-order valence-corrected chi connectivity index (χ2v) is 9.13. The zero-order valence-corrected chi connectivity index (χ0v) is 6.44. The summed E-state index contributed by atoms with van der Waals surface area (Å²) in [4.78, 5) is 0. The van der Waals surface area contributed by atoms with Crippen LogP contribution in [0.5, 0.6) is 0 Å². The van der Waals surface area contributed by atoms with Crippen molar-refractivity contribution in [1.29, 1.82) is 0 Å². The van der Waals surface area contributed by atoms with E-state index in [4.69, 9.17) is 0 Å². The van der Waals surface area contributed by atoms with Crippen molar-refractivity contribution in [3.8, 4) is 0 Å². The molecule has 0 bridgehead atoms. The quantitative estimate of drug-likeness (QED) is 0.404. The lowest BCUT2D eigenvalue weighted by atomic mass is 11.0. The van der Waals surface area contributed by atoms with Crippen molar-refractivity contribution in [3.63, 3.8) is 0 Å². The summed E-state index contributed by atoms with van der Waals surface area (Å²) in [5.74, 6) is 0. The van der Waals surface area contributed by atoms with Gasteiger partial charge < -0.3 is 0 Å². The maximum absolute atomic E-state index is 4.12. The van der Waals surface area contributed by atoms with E-state index in [9.17, 15) is 0 Å². The Labute approximate surface area is 49.6 Å². The van der Waals surface area contributed by atoms with Gasteiger partial charge in [-0.15, -0.1) is 24.5 Å². The largest absolute Gasteiger partial charge is 0.142 e. The average Bonchev–Trinajstić information content (AvgIpc) is 1.35. The minimum atomic E-state index is -1.26. The standard InChI is InChI=1S/C3H9PS2/c1-3-4(2,5)6/h5-6H,2-3H2,1H3. The monoisotopic (exact) mass is 140 g/mol. The van der Waals surface area contributed by atoms with Gasteiger partial charge in [0.2, 0.25) is 0 Å². The van der Waals surface area contributed by atoms with Gasteiger partial charge in [0.1, 0.15) is 0 Å². The molecule has 0 unspecified atom stereocenters. The van der Waals surface area contributed by atoms with E-state index < -0.39 is 5.29 Å². The van der Waals surface area contributed by atoms with Crippen LogP contribution in [0.2, 0.25) is 0 Å². The summed E-state index contributed by atoms with van der Waals surface area (Å²) in [6, 6.07) is 0. The Hall–Kier alpha value is 1.000. The van der Waals surface area contributed by atoms with Crippen molar-refractivity contribution < 1.29 is 0 Å². The molecule has 3 heteroatoms. The number of thiol groups is 2. The molecule has 38 valence electrons. The van der Waals surface area contributed by atoms with Crippen molar-refractivity contribution >= 4 is 36.1 Å². The molecule has 6 heavy (non-hydrogen) atoms. The summed E-state index contributed by atoms with van der Waals surface area (Å²) in [6.07, 6.45) is 4.73. The van der Waals surface area contributed by atoms with E-state index in [-0.39, 0.29) is 0 Å². The van der Waals surface area contributed by atoms with Gasteiger partial charge >= 0.3 is 0 Å². The second-order valence-electron chi connectivity index (χ2n) is 1.19. The highest BCUT2D eigenvalue weighted by Gasteiger charge is 1.91. The highest BCUT2D eigenvalue weighted by molar-refractivity contribution is 8.83. The number of hydrogen-bond acceptors (Lipinski definition) is 2. The lowest BCUT2D eigenvalue weighted by Gasteiger charge is -2.01. The first-order valence-electron chi connectivity index (χ1n) is 1.74. The molecule has 0 aliphatic carbocycles. The van der Waals surface area contributed by atoms with E-state index in [2.05, 4.69) is 30.8 Å². The average molecular weight is 140 g/mol. The molecule has 0 aromatic rings. The molecule has 0 fully saturated rings. The van der Waals surface area contributed by atoms with Crippen LogP contribution in [0.3, 0.4) is 0 Å². The molecule has 0 aliphatic rings. The van der Waals surface area contributed by atoms with Crippen LogP contribution < -0.4 is 0 Å². The Morgan fingerprint density at radius 3 is 1.83 bits per heavy atom. The van der Waals surface area contributed by atoms with Crippen LogP contribution in [0.15, 0.2) is 0 Å². The van der Waals surface area contributed by atoms with Gasteiger partial charge in [-0.2, -0.15) is 0 Å². The fourth-order valence-electron chi connectivity index (χ4n) is 0. The van der Waals surface area contributed by atoms with Crippen LogP contribution in [-0.4, -0.2) is 12.5 Å². The highest BCUT2D eigenvalue weighted by atomic mass is 33.1. The molecule has 0 aliphatic heterocycles. The third-order valence-electron chi connectivity index (χ3n) is 0.506. The summed E-state index contributed by atoms with van der Waals surface area (Å²) in [6.45, 7) is 2.04. The molecule has 0 radical (unpaired) electrons. The van der Waals surface area contributed by atoms with E-state index in [0.29, 0.717) is 0 Å². The Morgan fingerprint density at radius 2 is 1.83 bits per heavy atom. The predicted octanol–water partition coefficient (Wildman–Crippen LogP) is 2.15. The zero-order chi connectivity index (χ0) is 5.21. The van der Waals surface area contributed by atoms with Gasteiger partial charge in [0, 0.05) is 0 Å². The molecular formula is C3H9PS2. The first kappa shape index (κ1) is 7.00. The summed E-state index contributed by atoms with van der Waals surface area (Å²) in [7, 11) is 0. The van der Waals surface area contributed by atoms with Crippen LogP contribution >= 0.6 is 29.8 Å². The Bertz CT molecular complexity index is 72.9. The van der Waals surface area contributed by atoms with Crippen molar-refractivity contribution in [2.75, 3.05) is 6.16 Å². The van der Waals surface area contributed by atoms with Crippen molar-refractivity contribution in [2.45, 2.75) is 6.92 Å². The van der Waals surface area contributed by atoms with E-state index in [1.165, 1.54) is 0 Å². The highest BCUT2D eigenvalue weighted by Crippen LogP contribution is 2.53. The van der Waals surface area contributed by atoms with Gasteiger partial charge in [-0.25, -0.2) is 0 Å². The third kappa shape index (κ3) is 5.00. The molecule has 0 heterocycles. The SMILES string of the molecule is C=P(S)(S)CC. The Balaban J connectivity index is 3.48. The Kier molecular flexibility index (Phi) is 2.73. The van der Waals surface area contributed by atoms with Crippen molar-refractivity contribution in [3.05, 3.63) is 0 Å². The van der Waals surface area contributed by atoms with Gasteiger partial charge in [-0.1, -0.05) is 13.2 Å². The molecule has 0 rings (SSSR count). The fraction of sp³-hybridized carbons (Fsp3) is 0.667. The summed E-state index contributed by atoms with van der Waals surface area (Å²) >= 11 is 8.24. The number of hydrogen-bond donors (Lipinski definition) is 2. The maximum Gasteiger partial charge on any atom is -0.0164 e. The zero-order valence-electron chi connectivity index (χ0n) is 3.76. The lowest BCUT2D eigenvalue weighted by molar-refractivity contribution is 1.53. The fourth-order valence-corrected chi connectivity index (χ4v) is 0. The van der Waals surface area contributed by atoms with Crippen LogP contribution in [-0.2, 0) is 0 Å². The lowest BCUT2D eigenvalue weighted by Crippen LogP contribution is -1.60. The van der Waals surface area contributed by atoms with Crippen LogP contribution in [0.25, 0.3) is 0 Å². The molecule has 0 amide bonds. The molecule has 0 nitrogen and oxygen atoms in total. The van der Waals surface area contributed by atoms with Crippen LogP contribution in [0, 0.1) is 0 Å². The van der Waals surface area contributed by atoms with Gasteiger partial charge in [0.15, 0.2) is 0 Å². The molecule has 0 saturated carbocycles. The van der Waals surface area contributed by atoms with Gasteiger partial charge in [0.05, 0.1) is 0 Å². The Morgan fingerprint density at radius 1 is 1.67 bits per heavy atom. The number of rotatable bonds is 1. The molecular weight excluding hydrogens is 131 g/mol. The second kappa shape index (κ2) is 2.34. The molecule has 0 N–H and O–H groups in total. The summed E-state index contributed by atoms with van der Waals surface area (Å²) in [5, 5.41) is -1.26. The van der Waals surface area contributed by atoms with Gasteiger partial charge in [-0.05, 0) is 11.5 Å². The first-order chi connectivity index (χ1) is 2.56. The van der Waals surface area contributed by atoms with Crippen molar-refractivity contribution in [2.24, 2.45) is 0 Å². The van der Waals surface area contributed by atoms with Crippen LogP contribution in [0.1, 0.15) is 6.92 Å². The third-order valence-corrected chi connectivity index (χ3v) is 3.22. The van der Waals surface area contributed by atoms with E-state index >= 15 is 0 Å². The maximum atomic E-state index is 4.12. The molecule has 0 atom stereocenters. The summed E-state index contributed by atoms with van der Waals surface area (Å²) in [5.41, 5.74) is 0. The van der Waals surface area contributed by atoms with E-state index in [1.807, 2.05) is 6.92 Å². The van der Waals surface area contributed by atoms with Gasteiger partial charge in [0.25, 0.3) is 0 Å². The predicted molar refractivity (Wildman–Crippen MR) is 42.6 cm³/mol. The molecule has 0 aromatic carbocycles. The first-order valence-corrected chi connectivity index (χ1v) is 6.20. The molecule has 0 saturated heterocycles. The molecule has 0 aromatic heterocycles. The summed E-state index contributed by atoms with van der Waals surface area (Å²) < 4.78 is 0.